The predicted molar refractivity (Wildman–Crippen MR) is 97.4 cm³/mol. The number of hydrogen-bond donors (Lipinski definition) is 1. The first-order valence-corrected chi connectivity index (χ1v) is 8.74. The summed E-state index contributed by atoms with van der Waals surface area (Å²) >= 11 is 6.09. The topological polar surface area (TPSA) is 60.5 Å². The van der Waals surface area contributed by atoms with Gasteiger partial charge < -0.3 is 14.8 Å². The third-order valence-electron chi connectivity index (χ3n) is 4.23. The van der Waals surface area contributed by atoms with Crippen molar-refractivity contribution in [1.29, 1.82) is 0 Å². The summed E-state index contributed by atoms with van der Waals surface area (Å²) in [5, 5.41) is 3.45. The molecule has 1 amide bonds. The summed E-state index contributed by atoms with van der Waals surface area (Å²) < 4.78 is 11.1. The molecule has 1 aromatic heterocycles. The summed E-state index contributed by atoms with van der Waals surface area (Å²) in [6.45, 7) is 4.07. The minimum Gasteiger partial charge on any atom is -0.477 e. The maximum Gasteiger partial charge on any atom is 0.255 e. The van der Waals surface area contributed by atoms with Crippen LogP contribution in [0.25, 0.3) is 0 Å². The summed E-state index contributed by atoms with van der Waals surface area (Å²) in [5.74, 6) is 0.710. The summed E-state index contributed by atoms with van der Waals surface area (Å²) in [6.07, 6.45) is 3.57. The van der Waals surface area contributed by atoms with Crippen LogP contribution in [0.1, 0.15) is 28.8 Å². The van der Waals surface area contributed by atoms with Crippen LogP contribution in [-0.4, -0.2) is 30.7 Å². The summed E-state index contributed by atoms with van der Waals surface area (Å²) in [4.78, 5) is 16.6. The highest BCUT2D eigenvalue weighted by Gasteiger charge is 2.15. The molecule has 0 spiro atoms. The lowest BCUT2D eigenvalue weighted by Gasteiger charge is -2.21. The molecule has 3 rings (SSSR count). The molecule has 5 nitrogen and oxygen atoms in total. The third kappa shape index (κ3) is 4.94. The third-order valence-corrected chi connectivity index (χ3v) is 4.64. The minimum absolute atomic E-state index is 0.224. The van der Waals surface area contributed by atoms with Gasteiger partial charge >= 0.3 is 0 Å². The van der Waals surface area contributed by atoms with Gasteiger partial charge in [-0.05, 0) is 49.4 Å². The van der Waals surface area contributed by atoms with Crippen LogP contribution in [0.5, 0.6) is 5.88 Å². The van der Waals surface area contributed by atoms with Gasteiger partial charge in [-0.25, -0.2) is 4.98 Å². The van der Waals surface area contributed by atoms with E-state index in [-0.39, 0.29) is 5.91 Å². The number of aromatic nitrogens is 1. The van der Waals surface area contributed by atoms with Crippen LogP contribution in [0.3, 0.4) is 0 Å². The van der Waals surface area contributed by atoms with Crippen molar-refractivity contribution in [2.24, 2.45) is 5.92 Å². The normalized spacial score (nSPS) is 15.0. The number of hydrogen-bond acceptors (Lipinski definition) is 4. The number of benzene rings is 1. The first kappa shape index (κ1) is 17.7. The molecule has 1 N–H and O–H groups in total. The highest BCUT2D eigenvalue weighted by Crippen LogP contribution is 2.21. The van der Waals surface area contributed by atoms with E-state index in [0.29, 0.717) is 34.7 Å². The van der Waals surface area contributed by atoms with Crippen molar-refractivity contribution >= 4 is 23.2 Å². The van der Waals surface area contributed by atoms with Crippen LogP contribution in [0.2, 0.25) is 5.02 Å². The van der Waals surface area contributed by atoms with Crippen LogP contribution in [0.4, 0.5) is 5.69 Å². The summed E-state index contributed by atoms with van der Waals surface area (Å²) in [6, 6.07) is 8.74. The number of carbonyl (C=O) groups excluding carboxylic acids is 1. The monoisotopic (exact) mass is 360 g/mol. The molecule has 1 aliphatic heterocycles. The van der Waals surface area contributed by atoms with E-state index in [1.54, 1.807) is 24.4 Å². The lowest BCUT2D eigenvalue weighted by molar-refractivity contribution is 0.0490. The molecule has 132 valence electrons. The van der Waals surface area contributed by atoms with Gasteiger partial charge in [-0.2, -0.15) is 0 Å². The van der Waals surface area contributed by atoms with Gasteiger partial charge in [0.25, 0.3) is 5.91 Å². The first-order valence-electron chi connectivity index (χ1n) is 8.36. The number of halogens is 1. The van der Waals surface area contributed by atoms with Gasteiger partial charge in [-0.3, -0.25) is 4.79 Å². The van der Waals surface area contributed by atoms with Crippen LogP contribution in [-0.2, 0) is 4.74 Å². The Morgan fingerprint density at radius 2 is 2.12 bits per heavy atom. The smallest absolute Gasteiger partial charge is 0.255 e. The van der Waals surface area contributed by atoms with E-state index in [1.165, 1.54) is 0 Å². The largest absolute Gasteiger partial charge is 0.477 e. The Balaban J connectivity index is 1.61. The molecule has 0 unspecified atom stereocenters. The number of ether oxygens (including phenoxy) is 2. The SMILES string of the molecule is Cc1ccc(NC(=O)c2ccnc(OCC3CCOCC3)c2)cc1Cl. The van der Waals surface area contributed by atoms with Crippen LogP contribution < -0.4 is 10.1 Å². The maximum absolute atomic E-state index is 12.4. The molecule has 1 aromatic carbocycles. The quantitative estimate of drug-likeness (QED) is 0.872. The van der Waals surface area contributed by atoms with Crippen molar-refractivity contribution in [3.63, 3.8) is 0 Å². The van der Waals surface area contributed by atoms with E-state index < -0.39 is 0 Å². The number of aryl methyl sites for hydroxylation is 1. The van der Waals surface area contributed by atoms with Crippen molar-refractivity contribution in [1.82, 2.24) is 4.98 Å². The second kappa shape index (κ2) is 8.32. The molecule has 1 saturated heterocycles. The van der Waals surface area contributed by atoms with E-state index in [0.717, 1.165) is 31.6 Å². The first-order chi connectivity index (χ1) is 12.1. The zero-order chi connectivity index (χ0) is 17.6. The molecule has 0 radical (unpaired) electrons. The molecular formula is C19H21ClN2O3. The van der Waals surface area contributed by atoms with Gasteiger partial charge in [0, 0.05) is 41.8 Å². The van der Waals surface area contributed by atoms with Gasteiger partial charge in [0.2, 0.25) is 5.88 Å². The van der Waals surface area contributed by atoms with Crippen LogP contribution in [0, 0.1) is 12.8 Å². The second-order valence-corrected chi connectivity index (χ2v) is 6.57. The van der Waals surface area contributed by atoms with Gasteiger partial charge in [-0.1, -0.05) is 17.7 Å². The number of carbonyl (C=O) groups is 1. The van der Waals surface area contributed by atoms with Crippen molar-refractivity contribution < 1.29 is 14.3 Å². The zero-order valence-corrected chi connectivity index (χ0v) is 14.9. The fourth-order valence-corrected chi connectivity index (χ4v) is 2.80. The molecule has 0 atom stereocenters. The number of rotatable bonds is 5. The van der Waals surface area contributed by atoms with E-state index in [2.05, 4.69) is 10.3 Å². The average Bonchev–Trinajstić information content (AvgIpc) is 2.64. The Labute approximate surface area is 152 Å². The van der Waals surface area contributed by atoms with Crippen LogP contribution in [0.15, 0.2) is 36.5 Å². The van der Waals surface area contributed by atoms with Crippen LogP contribution >= 0.6 is 11.6 Å². The Bertz CT molecular complexity index is 745. The molecule has 25 heavy (non-hydrogen) atoms. The number of anilines is 1. The molecule has 2 heterocycles. The van der Waals surface area contributed by atoms with Gasteiger partial charge in [-0.15, -0.1) is 0 Å². The molecular weight excluding hydrogens is 340 g/mol. The Kier molecular flexibility index (Phi) is 5.89. The Morgan fingerprint density at radius 3 is 2.88 bits per heavy atom. The highest BCUT2D eigenvalue weighted by atomic mass is 35.5. The summed E-state index contributed by atoms with van der Waals surface area (Å²) in [5.41, 5.74) is 2.11. The molecule has 0 saturated carbocycles. The number of pyridine rings is 1. The average molecular weight is 361 g/mol. The van der Waals surface area contributed by atoms with Gasteiger partial charge in [0.05, 0.1) is 6.61 Å². The van der Waals surface area contributed by atoms with Crippen molar-refractivity contribution in [2.45, 2.75) is 19.8 Å². The molecule has 0 aliphatic carbocycles. The second-order valence-electron chi connectivity index (χ2n) is 6.17. The Morgan fingerprint density at radius 1 is 1.32 bits per heavy atom. The summed E-state index contributed by atoms with van der Waals surface area (Å²) in [7, 11) is 0. The van der Waals surface area contributed by atoms with E-state index >= 15 is 0 Å². The fourth-order valence-electron chi connectivity index (χ4n) is 2.62. The Hall–Kier alpha value is -2.11. The van der Waals surface area contributed by atoms with Crippen molar-refractivity contribution in [2.75, 3.05) is 25.1 Å². The standard InChI is InChI=1S/C19H21ClN2O3/c1-13-2-3-16(11-17(13)20)22-19(23)15-4-7-21-18(10-15)25-12-14-5-8-24-9-6-14/h2-4,7,10-11,14H,5-6,8-9,12H2,1H3,(H,22,23). The number of nitrogens with zero attached hydrogens (tertiary/aromatic N) is 1. The van der Waals surface area contributed by atoms with E-state index in [1.807, 2.05) is 19.1 Å². The van der Waals surface area contributed by atoms with E-state index in [4.69, 9.17) is 21.1 Å². The van der Waals surface area contributed by atoms with Gasteiger partial charge in [0.1, 0.15) is 0 Å². The molecule has 2 aromatic rings. The van der Waals surface area contributed by atoms with Crippen molar-refractivity contribution in [3.05, 3.63) is 52.7 Å². The van der Waals surface area contributed by atoms with Gasteiger partial charge in [0.15, 0.2) is 0 Å². The molecule has 0 bridgehead atoms. The van der Waals surface area contributed by atoms with Crippen molar-refractivity contribution in [3.8, 4) is 5.88 Å². The lowest BCUT2D eigenvalue weighted by Crippen LogP contribution is -2.21. The fraction of sp³-hybridized carbons (Fsp3) is 0.368. The minimum atomic E-state index is -0.224. The molecule has 1 aliphatic rings. The highest BCUT2D eigenvalue weighted by molar-refractivity contribution is 6.31. The maximum atomic E-state index is 12.4. The predicted octanol–water partition coefficient (Wildman–Crippen LogP) is 4.10. The van der Waals surface area contributed by atoms with E-state index in [9.17, 15) is 4.79 Å². The molecule has 1 fully saturated rings. The number of amides is 1. The lowest BCUT2D eigenvalue weighted by atomic mass is 10.0. The number of nitrogens with one attached hydrogen (secondary N) is 1. The molecule has 6 heteroatoms. The zero-order valence-electron chi connectivity index (χ0n) is 14.1.